The van der Waals surface area contributed by atoms with Crippen molar-refractivity contribution in [1.29, 1.82) is 0 Å². The standard InChI is InChI=1S/C13H18FN3O2/c1-2-16-5-3-4-11(9-16)15-12-6-10(14)7-13(8-12)17(18)19/h6-8,11,15H,2-5,9H2,1H3. The van der Waals surface area contributed by atoms with Crippen LogP contribution in [0.4, 0.5) is 15.8 Å². The predicted octanol–water partition coefficient (Wildman–Crippen LogP) is 2.63. The number of hydrogen-bond donors (Lipinski definition) is 1. The van der Waals surface area contributed by atoms with E-state index in [2.05, 4.69) is 17.1 Å². The largest absolute Gasteiger partial charge is 0.381 e. The lowest BCUT2D eigenvalue weighted by Gasteiger charge is -2.32. The first-order chi connectivity index (χ1) is 9.08. The second kappa shape index (κ2) is 5.97. The van der Waals surface area contributed by atoms with Gasteiger partial charge in [0.15, 0.2) is 0 Å². The topological polar surface area (TPSA) is 58.4 Å². The fraction of sp³-hybridized carbons (Fsp3) is 0.538. The van der Waals surface area contributed by atoms with Crippen LogP contribution in [0.1, 0.15) is 19.8 Å². The number of rotatable bonds is 4. The summed E-state index contributed by atoms with van der Waals surface area (Å²) in [5.41, 5.74) is 0.264. The van der Waals surface area contributed by atoms with E-state index in [0.717, 1.165) is 38.5 Å². The van der Waals surface area contributed by atoms with Gasteiger partial charge in [-0.2, -0.15) is 0 Å². The lowest BCUT2D eigenvalue weighted by Crippen LogP contribution is -2.41. The zero-order valence-corrected chi connectivity index (χ0v) is 10.9. The zero-order chi connectivity index (χ0) is 13.8. The molecular weight excluding hydrogens is 249 g/mol. The van der Waals surface area contributed by atoms with Crippen molar-refractivity contribution in [1.82, 2.24) is 4.90 Å². The Bertz CT molecular complexity index is 467. The van der Waals surface area contributed by atoms with E-state index in [-0.39, 0.29) is 11.7 Å². The van der Waals surface area contributed by atoms with E-state index in [4.69, 9.17) is 0 Å². The Hall–Kier alpha value is -1.69. The van der Waals surface area contributed by atoms with Gasteiger partial charge in [-0.3, -0.25) is 10.1 Å². The molecule has 1 saturated heterocycles. The molecule has 0 aromatic heterocycles. The fourth-order valence-corrected chi connectivity index (χ4v) is 2.46. The molecule has 0 saturated carbocycles. The first-order valence-electron chi connectivity index (χ1n) is 6.52. The number of nitrogens with one attached hydrogen (secondary N) is 1. The molecule has 19 heavy (non-hydrogen) atoms. The van der Waals surface area contributed by atoms with Crippen molar-refractivity contribution < 1.29 is 9.31 Å². The van der Waals surface area contributed by atoms with Crippen LogP contribution in [0, 0.1) is 15.9 Å². The highest BCUT2D eigenvalue weighted by Gasteiger charge is 2.19. The monoisotopic (exact) mass is 267 g/mol. The lowest BCUT2D eigenvalue weighted by molar-refractivity contribution is -0.385. The van der Waals surface area contributed by atoms with Crippen LogP contribution in [-0.2, 0) is 0 Å². The number of non-ortho nitro benzene ring substituents is 1. The first-order valence-corrected chi connectivity index (χ1v) is 6.52. The van der Waals surface area contributed by atoms with E-state index < -0.39 is 10.7 Å². The molecule has 1 N–H and O–H groups in total. The number of likely N-dealkylation sites (N-methyl/N-ethyl adjacent to an activating group) is 1. The van der Waals surface area contributed by atoms with E-state index in [1.807, 2.05) is 0 Å². The smallest absolute Gasteiger partial charge is 0.274 e. The highest BCUT2D eigenvalue weighted by Crippen LogP contribution is 2.22. The van der Waals surface area contributed by atoms with Gasteiger partial charge in [-0.15, -0.1) is 0 Å². The number of halogens is 1. The van der Waals surface area contributed by atoms with Crippen LogP contribution in [-0.4, -0.2) is 35.5 Å². The van der Waals surface area contributed by atoms with Crippen molar-refractivity contribution in [3.63, 3.8) is 0 Å². The van der Waals surface area contributed by atoms with Gasteiger partial charge in [0.2, 0.25) is 0 Å². The maximum Gasteiger partial charge on any atom is 0.274 e. The van der Waals surface area contributed by atoms with Gasteiger partial charge in [0.1, 0.15) is 5.82 Å². The molecule has 0 aliphatic carbocycles. The molecule has 2 rings (SSSR count). The molecule has 1 fully saturated rings. The number of nitrogens with zero attached hydrogens (tertiary/aromatic N) is 2. The molecule has 0 bridgehead atoms. The minimum atomic E-state index is -0.583. The summed E-state index contributed by atoms with van der Waals surface area (Å²) in [6, 6.07) is 3.84. The number of likely N-dealkylation sites (tertiary alicyclic amines) is 1. The molecule has 1 aliphatic heterocycles. The summed E-state index contributed by atoms with van der Waals surface area (Å²) in [6.07, 6.45) is 2.09. The maximum absolute atomic E-state index is 13.3. The normalized spacial score (nSPS) is 20.2. The third-order valence-corrected chi connectivity index (χ3v) is 3.42. The Morgan fingerprint density at radius 3 is 3.00 bits per heavy atom. The maximum atomic E-state index is 13.3. The van der Waals surface area contributed by atoms with Gasteiger partial charge in [-0.1, -0.05) is 6.92 Å². The summed E-state index contributed by atoms with van der Waals surface area (Å²) in [5, 5.41) is 13.9. The predicted molar refractivity (Wildman–Crippen MR) is 71.8 cm³/mol. The molecule has 1 heterocycles. The van der Waals surface area contributed by atoms with Crippen molar-refractivity contribution in [3.8, 4) is 0 Å². The average molecular weight is 267 g/mol. The van der Waals surface area contributed by atoms with E-state index >= 15 is 0 Å². The van der Waals surface area contributed by atoms with Crippen LogP contribution in [0.15, 0.2) is 18.2 Å². The number of benzene rings is 1. The molecule has 1 aromatic rings. The van der Waals surface area contributed by atoms with Gasteiger partial charge in [-0.25, -0.2) is 4.39 Å². The highest BCUT2D eigenvalue weighted by molar-refractivity contribution is 5.52. The molecular formula is C13H18FN3O2. The molecule has 1 atom stereocenters. The molecule has 1 unspecified atom stereocenters. The summed E-state index contributed by atoms with van der Waals surface area (Å²) >= 11 is 0. The Morgan fingerprint density at radius 1 is 1.53 bits per heavy atom. The van der Waals surface area contributed by atoms with Crippen molar-refractivity contribution in [3.05, 3.63) is 34.1 Å². The van der Waals surface area contributed by atoms with Crippen LogP contribution in [0.2, 0.25) is 0 Å². The van der Waals surface area contributed by atoms with Gasteiger partial charge in [-0.05, 0) is 32.0 Å². The molecule has 1 aliphatic rings. The number of piperidine rings is 1. The molecule has 0 radical (unpaired) electrons. The molecule has 104 valence electrons. The third kappa shape index (κ3) is 3.64. The van der Waals surface area contributed by atoms with Crippen LogP contribution in [0.5, 0.6) is 0 Å². The van der Waals surface area contributed by atoms with Gasteiger partial charge < -0.3 is 10.2 Å². The van der Waals surface area contributed by atoms with Crippen LogP contribution >= 0.6 is 0 Å². The molecule has 6 heteroatoms. The number of nitro benzene ring substituents is 1. The minimum Gasteiger partial charge on any atom is -0.381 e. The zero-order valence-electron chi connectivity index (χ0n) is 10.9. The second-order valence-corrected chi connectivity index (χ2v) is 4.83. The number of nitro groups is 1. The number of anilines is 1. The average Bonchev–Trinajstić information content (AvgIpc) is 2.38. The SMILES string of the molecule is CCN1CCCC(Nc2cc(F)cc([N+](=O)[O-])c2)C1. The van der Waals surface area contributed by atoms with Crippen molar-refractivity contribution in [2.75, 3.05) is 25.0 Å². The molecule has 1 aromatic carbocycles. The highest BCUT2D eigenvalue weighted by atomic mass is 19.1. The molecule has 5 nitrogen and oxygen atoms in total. The van der Waals surface area contributed by atoms with Gasteiger partial charge in [0.05, 0.1) is 11.0 Å². The Labute approximate surface area is 111 Å². The third-order valence-electron chi connectivity index (χ3n) is 3.42. The van der Waals surface area contributed by atoms with Gasteiger partial charge in [0, 0.05) is 24.3 Å². The lowest BCUT2D eigenvalue weighted by atomic mass is 10.1. The summed E-state index contributed by atoms with van der Waals surface area (Å²) in [6.45, 7) is 5.07. The van der Waals surface area contributed by atoms with Crippen molar-refractivity contribution in [2.24, 2.45) is 0 Å². The van der Waals surface area contributed by atoms with Crippen molar-refractivity contribution >= 4 is 11.4 Å². The molecule has 0 spiro atoms. The van der Waals surface area contributed by atoms with E-state index in [1.165, 1.54) is 12.1 Å². The first kappa shape index (κ1) is 13.7. The summed E-state index contributed by atoms with van der Waals surface area (Å²) in [4.78, 5) is 12.4. The van der Waals surface area contributed by atoms with Crippen LogP contribution in [0.25, 0.3) is 0 Å². The summed E-state index contributed by atoms with van der Waals surface area (Å²) in [5.74, 6) is -0.583. The van der Waals surface area contributed by atoms with Crippen LogP contribution in [0.3, 0.4) is 0 Å². The summed E-state index contributed by atoms with van der Waals surface area (Å²) in [7, 11) is 0. The molecule has 0 amide bonds. The Kier molecular flexibility index (Phi) is 4.31. The minimum absolute atomic E-state index is 0.217. The van der Waals surface area contributed by atoms with Gasteiger partial charge in [0.25, 0.3) is 5.69 Å². The van der Waals surface area contributed by atoms with Crippen molar-refractivity contribution in [2.45, 2.75) is 25.8 Å². The Balaban J connectivity index is 2.08. The van der Waals surface area contributed by atoms with E-state index in [0.29, 0.717) is 5.69 Å². The van der Waals surface area contributed by atoms with E-state index in [9.17, 15) is 14.5 Å². The fourth-order valence-electron chi connectivity index (χ4n) is 2.46. The van der Waals surface area contributed by atoms with Crippen LogP contribution < -0.4 is 5.32 Å². The van der Waals surface area contributed by atoms with E-state index in [1.54, 1.807) is 0 Å². The number of hydrogen-bond acceptors (Lipinski definition) is 4. The van der Waals surface area contributed by atoms with Gasteiger partial charge >= 0.3 is 0 Å². The summed E-state index contributed by atoms with van der Waals surface area (Å²) < 4.78 is 13.3. The second-order valence-electron chi connectivity index (χ2n) is 4.83. The Morgan fingerprint density at radius 2 is 2.32 bits per heavy atom. The quantitative estimate of drug-likeness (QED) is 0.673.